The molecule has 8 nitrogen and oxygen atoms in total. The van der Waals surface area contributed by atoms with E-state index in [9.17, 15) is 19.2 Å². The summed E-state index contributed by atoms with van der Waals surface area (Å²) in [5.74, 6) is 0.112. The number of amides is 2. The molecule has 0 aliphatic rings. The van der Waals surface area contributed by atoms with Crippen LogP contribution >= 0.6 is 23.5 Å². The molecular formula is C51H90N2O6S2. The van der Waals surface area contributed by atoms with Crippen molar-refractivity contribution in [3.8, 4) is 0 Å². The summed E-state index contributed by atoms with van der Waals surface area (Å²) in [5.41, 5.74) is 1.99. The predicted octanol–water partition coefficient (Wildman–Crippen LogP) is 16.9. The smallest absolute Gasteiger partial charge is 0.306 e. The fourth-order valence-electron chi connectivity index (χ4n) is 7.41. The highest BCUT2D eigenvalue weighted by Gasteiger charge is 2.12. The zero-order valence-corrected chi connectivity index (χ0v) is 41.0. The highest BCUT2D eigenvalue weighted by Crippen LogP contribution is 2.24. The summed E-state index contributed by atoms with van der Waals surface area (Å²) < 4.78 is 10.8. The molecule has 0 spiro atoms. The van der Waals surface area contributed by atoms with Crippen LogP contribution in [0, 0.1) is 6.92 Å². The summed E-state index contributed by atoms with van der Waals surface area (Å²) in [6.07, 6.45) is 42.1. The zero-order chi connectivity index (χ0) is 44.3. The van der Waals surface area contributed by atoms with E-state index in [2.05, 4.69) is 24.5 Å². The Morgan fingerprint density at radius 1 is 0.443 bits per heavy atom. The first-order chi connectivity index (χ1) is 29.8. The summed E-state index contributed by atoms with van der Waals surface area (Å²) in [7, 11) is 0. The third-order valence-electron chi connectivity index (χ3n) is 11.3. The molecule has 0 radical (unpaired) electrons. The SMILES string of the molecule is CCCCCCCCCCCCCCCCCCOC(=O)CCSC(=O)Nc1ccc(C)c(NC(=O)SCCC(=O)OCCCCCCCCCCCCCCCCCC)c1. The van der Waals surface area contributed by atoms with Gasteiger partial charge >= 0.3 is 11.9 Å². The van der Waals surface area contributed by atoms with Crippen LogP contribution in [-0.2, 0) is 19.1 Å². The van der Waals surface area contributed by atoms with E-state index < -0.39 is 0 Å². The number of anilines is 2. The molecule has 0 saturated heterocycles. The van der Waals surface area contributed by atoms with Gasteiger partial charge in [-0.25, -0.2) is 0 Å². The molecule has 0 heterocycles. The predicted molar refractivity (Wildman–Crippen MR) is 264 cm³/mol. The normalized spacial score (nSPS) is 11.1. The number of ether oxygens (including phenoxy) is 2. The van der Waals surface area contributed by atoms with Gasteiger partial charge in [0.15, 0.2) is 0 Å². The maximum atomic E-state index is 12.6. The summed E-state index contributed by atoms with van der Waals surface area (Å²) in [4.78, 5) is 49.5. The number of benzene rings is 1. The van der Waals surface area contributed by atoms with Crippen LogP contribution in [-0.4, -0.2) is 47.1 Å². The monoisotopic (exact) mass is 891 g/mol. The molecule has 0 bridgehead atoms. The second-order valence-corrected chi connectivity index (χ2v) is 19.2. The molecular weight excluding hydrogens is 801 g/mol. The zero-order valence-electron chi connectivity index (χ0n) is 39.4. The molecule has 2 amide bonds. The van der Waals surface area contributed by atoms with Crippen molar-refractivity contribution >= 4 is 57.3 Å². The lowest BCUT2D eigenvalue weighted by molar-refractivity contribution is -0.144. The largest absolute Gasteiger partial charge is 0.466 e. The van der Waals surface area contributed by atoms with Crippen molar-refractivity contribution in [1.29, 1.82) is 0 Å². The molecule has 0 atom stereocenters. The second-order valence-electron chi connectivity index (χ2n) is 17.1. The van der Waals surface area contributed by atoms with Crippen LogP contribution in [0.3, 0.4) is 0 Å². The van der Waals surface area contributed by atoms with E-state index in [1.165, 1.54) is 180 Å². The summed E-state index contributed by atoms with van der Waals surface area (Å²) >= 11 is 2.07. The Hall–Kier alpha value is -2.20. The lowest BCUT2D eigenvalue weighted by atomic mass is 10.0. The molecule has 1 aromatic carbocycles. The Labute approximate surface area is 382 Å². The van der Waals surface area contributed by atoms with Crippen molar-refractivity contribution in [3.05, 3.63) is 23.8 Å². The Balaban J connectivity index is 2.02. The van der Waals surface area contributed by atoms with Gasteiger partial charge in [-0.15, -0.1) is 0 Å². The number of unbranched alkanes of at least 4 members (excludes halogenated alkanes) is 30. The minimum absolute atomic E-state index is 0.177. The first kappa shape index (κ1) is 56.8. The molecule has 352 valence electrons. The van der Waals surface area contributed by atoms with E-state index >= 15 is 0 Å². The van der Waals surface area contributed by atoms with Crippen molar-refractivity contribution < 1.29 is 28.7 Å². The Morgan fingerprint density at radius 3 is 1.10 bits per heavy atom. The standard InChI is InChI=1S/C51H90N2O6S2/c1-4-6-8-10-12-14-16-18-20-22-24-26-28-30-32-34-40-58-48(54)38-42-60-50(56)52-46-37-36-45(3)47(44-46)53-51(57)61-43-39-49(55)59-41-35-33-31-29-27-25-23-21-19-17-15-13-11-9-7-5-2/h36-37,44H,4-35,38-43H2,1-3H3,(H,52,56)(H,53,57). The second kappa shape index (κ2) is 43.1. The fraction of sp³-hybridized carbons (Fsp3) is 0.804. The number of carbonyl (C=O) groups excluding carboxylic acids is 4. The van der Waals surface area contributed by atoms with Gasteiger partial charge < -0.3 is 20.1 Å². The van der Waals surface area contributed by atoms with Gasteiger partial charge in [-0.1, -0.05) is 236 Å². The van der Waals surface area contributed by atoms with Crippen molar-refractivity contribution in [1.82, 2.24) is 0 Å². The van der Waals surface area contributed by atoms with Gasteiger partial charge in [0.2, 0.25) is 0 Å². The molecule has 0 aromatic heterocycles. The molecule has 0 saturated carbocycles. The fourth-order valence-corrected chi connectivity index (χ4v) is 8.69. The summed E-state index contributed by atoms with van der Waals surface area (Å²) in [5, 5.41) is 5.14. The van der Waals surface area contributed by atoms with Crippen LogP contribution in [0.2, 0.25) is 0 Å². The molecule has 0 aliphatic carbocycles. The Morgan fingerprint density at radius 2 is 0.754 bits per heavy atom. The maximum Gasteiger partial charge on any atom is 0.306 e. The molecule has 10 heteroatoms. The van der Waals surface area contributed by atoms with Crippen molar-refractivity contribution in [2.24, 2.45) is 0 Å². The number of thioether (sulfide) groups is 2. The van der Waals surface area contributed by atoms with E-state index in [4.69, 9.17) is 9.47 Å². The lowest BCUT2D eigenvalue weighted by Crippen LogP contribution is -2.12. The van der Waals surface area contributed by atoms with E-state index in [1.54, 1.807) is 12.1 Å². The number of carbonyl (C=O) groups is 4. The number of hydrogen-bond donors (Lipinski definition) is 2. The van der Waals surface area contributed by atoms with E-state index in [-0.39, 0.29) is 35.3 Å². The first-order valence-corrected chi connectivity index (χ1v) is 27.1. The van der Waals surface area contributed by atoms with Crippen LogP contribution in [0.4, 0.5) is 21.0 Å². The van der Waals surface area contributed by atoms with Gasteiger partial charge in [-0.2, -0.15) is 0 Å². The number of nitrogens with one attached hydrogen (secondary N) is 2. The summed E-state index contributed by atoms with van der Waals surface area (Å²) in [6, 6.07) is 5.32. The molecule has 0 unspecified atom stereocenters. The minimum Gasteiger partial charge on any atom is -0.466 e. The van der Waals surface area contributed by atoms with E-state index in [0.717, 1.165) is 54.8 Å². The number of esters is 2. The summed E-state index contributed by atoms with van der Waals surface area (Å²) in [6.45, 7) is 7.30. The van der Waals surface area contributed by atoms with Gasteiger partial charge in [-0.05, 0) is 37.5 Å². The van der Waals surface area contributed by atoms with Gasteiger partial charge in [0.25, 0.3) is 10.5 Å². The third kappa shape index (κ3) is 38.0. The molecule has 1 rings (SSSR count). The molecule has 61 heavy (non-hydrogen) atoms. The van der Waals surface area contributed by atoms with Crippen molar-refractivity contribution in [2.45, 2.75) is 239 Å². The highest BCUT2D eigenvalue weighted by molar-refractivity contribution is 8.14. The average molecular weight is 891 g/mol. The lowest BCUT2D eigenvalue weighted by Gasteiger charge is -2.11. The van der Waals surface area contributed by atoms with Gasteiger partial charge in [0.05, 0.1) is 26.1 Å². The van der Waals surface area contributed by atoms with E-state index in [1.807, 2.05) is 13.0 Å². The van der Waals surface area contributed by atoms with Gasteiger partial charge in [-0.3, -0.25) is 19.2 Å². The van der Waals surface area contributed by atoms with Gasteiger partial charge in [0, 0.05) is 22.9 Å². The Kier molecular flexibility index (Phi) is 40.1. The van der Waals surface area contributed by atoms with Gasteiger partial charge in [0.1, 0.15) is 0 Å². The maximum absolute atomic E-state index is 12.6. The number of rotatable bonds is 42. The van der Waals surface area contributed by atoms with Crippen LogP contribution in [0.15, 0.2) is 18.2 Å². The van der Waals surface area contributed by atoms with Crippen LogP contribution in [0.5, 0.6) is 0 Å². The Bertz CT molecular complexity index is 1230. The third-order valence-corrected chi connectivity index (χ3v) is 12.9. The van der Waals surface area contributed by atoms with Crippen LogP contribution < -0.4 is 10.6 Å². The molecule has 1 aromatic rings. The number of aryl methyl sites for hydroxylation is 1. The van der Waals surface area contributed by atoms with Crippen LogP contribution in [0.25, 0.3) is 0 Å². The van der Waals surface area contributed by atoms with Crippen molar-refractivity contribution in [3.63, 3.8) is 0 Å². The highest BCUT2D eigenvalue weighted by atomic mass is 32.2. The minimum atomic E-state index is -0.279. The quantitative estimate of drug-likeness (QED) is 0.0493. The number of hydrogen-bond acceptors (Lipinski definition) is 8. The van der Waals surface area contributed by atoms with E-state index in [0.29, 0.717) is 36.1 Å². The molecule has 2 N–H and O–H groups in total. The topological polar surface area (TPSA) is 111 Å². The average Bonchev–Trinajstić information content (AvgIpc) is 3.24. The first-order valence-electron chi connectivity index (χ1n) is 25.1. The molecule has 0 aliphatic heterocycles. The van der Waals surface area contributed by atoms with Crippen molar-refractivity contribution in [2.75, 3.05) is 35.4 Å². The molecule has 0 fully saturated rings. The van der Waals surface area contributed by atoms with Crippen LogP contribution in [0.1, 0.15) is 238 Å².